The van der Waals surface area contributed by atoms with E-state index in [1.807, 2.05) is 6.26 Å². The molecule has 6 heteroatoms. The van der Waals surface area contributed by atoms with Crippen molar-refractivity contribution < 1.29 is 14.6 Å². The molecule has 1 amide bonds. The monoisotopic (exact) mass is 282 g/mol. The number of pyridine rings is 1. The van der Waals surface area contributed by atoms with Gasteiger partial charge in [0.05, 0.1) is 17.7 Å². The summed E-state index contributed by atoms with van der Waals surface area (Å²) in [7, 11) is 0. The number of rotatable bonds is 4. The van der Waals surface area contributed by atoms with Gasteiger partial charge in [-0.15, -0.1) is 11.8 Å². The first-order valence-electron chi connectivity index (χ1n) is 6.21. The average Bonchev–Trinajstić information content (AvgIpc) is 2.48. The number of nitrogens with one attached hydrogen (secondary N) is 1. The number of hydrogen-bond donors (Lipinski definition) is 2. The van der Waals surface area contributed by atoms with Crippen LogP contribution in [-0.2, 0) is 4.74 Å². The molecule has 1 aliphatic heterocycles. The predicted octanol–water partition coefficient (Wildman–Crippen LogP) is 1.07. The third kappa shape index (κ3) is 3.26. The van der Waals surface area contributed by atoms with Gasteiger partial charge in [0.15, 0.2) is 0 Å². The van der Waals surface area contributed by atoms with E-state index in [2.05, 4.69) is 10.3 Å². The van der Waals surface area contributed by atoms with Crippen molar-refractivity contribution in [2.24, 2.45) is 0 Å². The smallest absolute Gasteiger partial charge is 0.254 e. The van der Waals surface area contributed by atoms with Crippen molar-refractivity contribution in [3.05, 3.63) is 23.9 Å². The molecule has 1 aromatic rings. The van der Waals surface area contributed by atoms with Crippen LogP contribution < -0.4 is 5.32 Å². The van der Waals surface area contributed by atoms with Gasteiger partial charge in [-0.1, -0.05) is 0 Å². The van der Waals surface area contributed by atoms with Crippen LogP contribution in [0.2, 0.25) is 0 Å². The van der Waals surface area contributed by atoms with E-state index in [0.717, 1.165) is 0 Å². The van der Waals surface area contributed by atoms with Gasteiger partial charge in [-0.2, -0.15) is 0 Å². The van der Waals surface area contributed by atoms with Crippen LogP contribution in [0.15, 0.2) is 23.4 Å². The summed E-state index contributed by atoms with van der Waals surface area (Å²) in [5.74, 6) is -0.187. The molecule has 1 aliphatic rings. The molecule has 1 saturated heterocycles. The molecule has 0 radical (unpaired) electrons. The fourth-order valence-electron chi connectivity index (χ4n) is 2.12. The summed E-state index contributed by atoms with van der Waals surface area (Å²) in [4.78, 5) is 16.5. The number of ether oxygens (including phenoxy) is 1. The summed E-state index contributed by atoms with van der Waals surface area (Å²) in [6, 6.07) is 3.49. The Balaban J connectivity index is 2.15. The molecule has 1 fully saturated rings. The quantitative estimate of drug-likeness (QED) is 0.808. The molecule has 0 aromatic carbocycles. The first-order chi connectivity index (χ1) is 9.21. The standard InChI is InChI=1S/C13H18N2O3S/c1-19-12-10(3-2-6-14-12)11(17)15-13(9-16)4-7-18-8-5-13/h2-3,6,16H,4-5,7-9H2,1H3,(H,15,17). The maximum absolute atomic E-state index is 12.3. The highest BCUT2D eigenvalue weighted by atomic mass is 32.2. The summed E-state index contributed by atoms with van der Waals surface area (Å²) >= 11 is 1.43. The molecule has 2 rings (SSSR count). The molecule has 0 saturated carbocycles. The molecule has 0 aliphatic carbocycles. The third-order valence-corrected chi connectivity index (χ3v) is 4.05. The highest BCUT2D eigenvalue weighted by Gasteiger charge is 2.34. The van der Waals surface area contributed by atoms with Gasteiger partial charge in [0.1, 0.15) is 5.03 Å². The molecular formula is C13H18N2O3S. The zero-order valence-corrected chi connectivity index (χ0v) is 11.7. The second-order valence-corrected chi connectivity index (χ2v) is 5.36. The summed E-state index contributed by atoms with van der Waals surface area (Å²) in [5, 5.41) is 13.2. The summed E-state index contributed by atoms with van der Waals surface area (Å²) in [5.41, 5.74) is -0.0183. The largest absolute Gasteiger partial charge is 0.394 e. The van der Waals surface area contributed by atoms with Crippen LogP contribution in [0.25, 0.3) is 0 Å². The minimum atomic E-state index is -0.569. The van der Waals surface area contributed by atoms with Crippen LogP contribution in [-0.4, -0.2) is 47.6 Å². The molecule has 0 unspecified atom stereocenters. The number of carbonyl (C=O) groups excluding carboxylic acids is 1. The second kappa shape index (κ2) is 6.36. The van der Waals surface area contributed by atoms with Crippen molar-refractivity contribution in [1.82, 2.24) is 10.3 Å². The zero-order chi connectivity index (χ0) is 13.7. The van der Waals surface area contributed by atoms with Gasteiger partial charge < -0.3 is 15.2 Å². The first kappa shape index (κ1) is 14.3. The van der Waals surface area contributed by atoms with Gasteiger partial charge in [0, 0.05) is 19.4 Å². The van der Waals surface area contributed by atoms with E-state index in [4.69, 9.17) is 4.74 Å². The van der Waals surface area contributed by atoms with E-state index >= 15 is 0 Å². The Hall–Kier alpha value is -1.11. The topological polar surface area (TPSA) is 71.5 Å². The van der Waals surface area contributed by atoms with Crippen LogP contribution in [0, 0.1) is 0 Å². The number of aliphatic hydroxyl groups excluding tert-OH is 1. The Morgan fingerprint density at radius 3 is 2.95 bits per heavy atom. The van der Waals surface area contributed by atoms with Gasteiger partial charge in [0.2, 0.25) is 0 Å². The van der Waals surface area contributed by atoms with Gasteiger partial charge in [-0.05, 0) is 31.2 Å². The lowest BCUT2D eigenvalue weighted by Crippen LogP contribution is -2.54. The lowest BCUT2D eigenvalue weighted by atomic mass is 9.90. The van der Waals surface area contributed by atoms with Crippen molar-refractivity contribution in [2.45, 2.75) is 23.4 Å². The van der Waals surface area contributed by atoms with E-state index in [9.17, 15) is 9.90 Å². The molecular weight excluding hydrogens is 264 g/mol. The Kier molecular flexibility index (Phi) is 4.79. The van der Waals surface area contributed by atoms with Crippen molar-refractivity contribution in [2.75, 3.05) is 26.1 Å². The van der Waals surface area contributed by atoms with Gasteiger partial charge >= 0.3 is 0 Å². The van der Waals surface area contributed by atoms with Crippen molar-refractivity contribution >= 4 is 17.7 Å². The molecule has 0 spiro atoms. The highest BCUT2D eigenvalue weighted by molar-refractivity contribution is 7.98. The number of carbonyl (C=O) groups is 1. The minimum absolute atomic E-state index is 0.0725. The van der Waals surface area contributed by atoms with E-state index in [1.54, 1.807) is 18.3 Å². The van der Waals surface area contributed by atoms with E-state index in [-0.39, 0.29) is 12.5 Å². The Morgan fingerprint density at radius 2 is 2.32 bits per heavy atom. The van der Waals surface area contributed by atoms with E-state index in [1.165, 1.54) is 11.8 Å². The summed E-state index contributed by atoms with van der Waals surface area (Å²) < 4.78 is 5.28. The number of amides is 1. The number of aliphatic hydroxyl groups is 1. The first-order valence-corrected chi connectivity index (χ1v) is 7.43. The number of thioether (sulfide) groups is 1. The van der Waals surface area contributed by atoms with E-state index in [0.29, 0.717) is 36.6 Å². The predicted molar refractivity (Wildman–Crippen MR) is 73.4 cm³/mol. The van der Waals surface area contributed by atoms with Crippen LogP contribution >= 0.6 is 11.8 Å². The molecule has 2 N–H and O–H groups in total. The number of aromatic nitrogens is 1. The fourth-order valence-corrected chi connectivity index (χ4v) is 2.67. The highest BCUT2D eigenvalue weighted by Crippen LogP contribution is 2.22. The fraction of sp³-hybridized carbons (Fsp3) is 0.538. The van der Waals surface area contributed by atoms with Gasteiger partial charge in [-0.25, -0.2) is 4.98 Å². The molecule has 5 nitrogen and oxygen atoms in total. The van der Waals surface area contributed by atoms with Crippen LogP contribution in [0.3, 0.4) is 0 Å². The molecule has 0 atom stereocenters. The maximum Gasteiger partial charge on any atom is 0.254 e. The molecule has 0 bridgehead atoms. The minimum Gasteiger partial charge on any atom is -0.394 e. The Morgan fingerprint density at radius 1 is 1.58 bits per heavy atom. The zero-order valence-electron chi connectivity index (χ0n) is 10.9. The molecule has 104 valence electrons. The lowest BCUT2D eigenvalue weighted by molar-refractivity contribution is 0.0124. The van der Waals surface area contributed by atoms with Crippen LogP contribution in [0.5, 0.6) is 0 Å². The van der Waals surface area contributed by atoms with E-state index < -0.39 is 5.54 Å². The molecule has 1 aromatic heterocycles. The maximum atomic E-state index is 12.3. The van der Waals surface area contributed by atoms with Crippen LogP contribution in [0.4, 0.5) is 0 Å². The van der Waals surface area contributed by atoms with Crippen molar-refractivity contribution in [1.29, 1.82) is 0 Å². The SMILES string of the molecule is CSc1ncccc1C(=O)NC1(CO)CCOCC1. The average molecular weight is 282 g/mol. The lowest BCUT2D eigenvalue weighted by Gasteiger charge is -2.36. The number of nitrogens with zero attached hydrogens (tertiary/aromatic N) is 1. The third-order valence-electron chi connectivity index (χ3n) is 3.34. The normalized spacial score (nSPS) is 18.0. The molecule has 19 heavy (non-hydrogen) atoms. The summed E-state index contributed by atoms with van der Waals surface area (Å²) in [6.45, 7) is 1.05. The Bertz CT molecular complexity index is 447. The van der Waals surface area contributed by atoms with Crippen LogP contribution in [0.1, 0.15) is 23.2 Å². The Labute approximate surface area is 116 Å². The number of hydrogen-bond acceptors (Lipinski definition) is 5. The van der Waals surface area contributed by atoms with Gasteiger partial charge in [-0.3, -0.25) is 4.79 Å². The molecule has 2 heterocycles. The van der Waals surface area contributed by atoms with Crippen molar-refractivity contribution in [3.8, 4) is 0 Å². The van der Waals surface area contributed by atoms with Gasteiger partial charge in [0.25, 0.3) is 5.91 Å². The summed E-state index contributed by atoms with van der Waals surface area (Å²) in [6.07, 6.45) is 4.81. The van der Waals surface area contributed by atoms with Crippen molar-refractivity contribution in [3.63, 3.8) is 0 Å². The second-order valence-electron chi connectivity index (χ2n) is 4.57.